The summed E-state index contributed by atoms with van der Waals surface area (Å²) in [7, 11) is 0. The molecule has 1 fully saturated rings. The van der Waals surface area contributed by atoms with Crippen LogP contribution in [0.1, 0.15) is 18.1 Å². The van der Waals surface area contributed by atoms with E-state index in [2.05, 4.69) is 0 Å². The molecule has 0 amide bonds. The molecule has 0 aliphatic carbocycles. The highest BCUT2D eigenvalue weighted by atomic mass is 19.4. The van der Waals surface area contributed by atoms with E-state index in [0.717, 1.165) is 6.07 Å². The van der Waals surface area contributed by atoms with Crippen molar-refractivity contribution in [1.82, 2.24) is 0 Å². The molecule has 1 saturated heterocycles. The van der Waals surface area contributed by atoms with E-state index in [4.69, 9.17) is 14.9 Å². The molecule has 2 atom stereocenters. The number of morpholine rings is 1. The summed E-state index contributed by atoms with van der Waals surface area (Å²) < 4.78 is 44.5. The fraction of sp³-hybridized carbons (Fsp3) is 0.571. The lowest BCUT2D eigenvalue weighted by molar-refractivity contribution is -0.138. The molecule has 118 valence electrons. The molecular weight excluding hydrogens is 287 g/mol. The first-order valence-electron chi connectivity index (χ1n) is 6.67. The Bertz CT molecular complexity index is 493. The van der Waals surface area contributed by atoms with Crippen LogP contribution in [-0.2, 0) is 17.5 Å². The minimum absolute atomic E-state index is 0.0890. The Morgan fingerprint density at radius 2 is 2.05 bits per heavy atom. The van der Waals surface area contributed by atoms with E-state index in [1.807, 2.05) is 6.92 Å². The van der Waals surface area contributed by atoms with Crippen LogP contribution in [-0.4, -0.2) is 42.1 Å². The number of aliphatic hydroxyl groups excluding tert-OH is 2. The van der Waals surface area contributed by atoms with Crippen LogP contribution < -0.4 is 4.90 Å². The molecule has 2 unspecified atom stereocenters. The minimum atomic E-state index is -4.51. The summed E-state index contributed by atoms with van der Waals surface area (Å²) in [4.78, 5) is 1.78. The number of aliphatic hydroxyl groups is 2. The fourth-order valence-electron chi connectivity index (χ4n) is 2.43. The maximum atomic E-state index is 13.0. The zero-order chi connectivity index (χ0) is 15.6. The van der Waals surface area contributed by atoms with Gasteiger partial charge in [0.1, 0.15) is 0 Å². The van der Waals surface area contributed by atoms with E-state index < -0.39 is 24.5 Å². The molecule has 1 aliphatic heterocycles. The van der Waals surface area contributed by atoms with Crippen molar-refractivity contribution in [3.05, 3.63) is 29.3 Å². The molecule has 1 heterocycles. The second kappa shape index (κ2) is 6.21. The summed E-state index contributed by atoms with van der Waals surface area (Å²) in [6, 6.07) is 3.79. The Morgan fingerprint density at radius 1 is 1.33 bits per heavy atom. The predicted octanol–water partition coefficient (Wildman–Crippen LogP) is 1.78. The van der Waals surface area contributed by atoms with Crippen LogP contribution in [0.15, 0.2) is 18.2 Å². The molecule has 1 aromatic carbocycles. The van der Waals surface area contributed by atoms with Crippen LogP contribution in [0.3, 0.4) is 0 Å². The van der Waals surface area contributed by atoms with Crippen molar-refractivity contribution in [3.8, 4) is 0 Å². The Kier molecular flexibility index (Phi) is 4.75. The first-order valence-corrected chi connectivity index (χ1v) is 6.67. The second-order valence-corrected chi connectivity index (χ2v) is 5.14. The number of hydrogen-bond acceptors (Lipinski definition) is 4. The van der Waals surface area contributed by atoms with Gasteiger partial charge in [0.05, 0.1) is 31.5 Å². The molecule has 21 heavy (non-hydrogen) atoms. The number of anilines is 1. The van der Waals surface area contributed by atoms with Crippen molar-refractivity contribution in [2.24, 2.45) is 0 Å². The van der Waals surface area contributed by atoms with E-state index in [0.29, 0.717) is 18.8 Å². The highest BCUT2D eigenvalue weighted by molar-refractivity contribution is 5.53. The number of alkyl halides is 3. The van der Waals surface area contributed by atoms with Crippen molar-refractivity contribution in [1.29, 1.82) is 0 Å². The normalized spacial score (nSPS) is 23.4. The monoisotopic (exact) mass is 305 g/mol. The van der Waals surface area contributed by atoms with Gasteiger partial charge in [-0.15, -0.1) is 0 Å². The Hall–Kier alpha value is -1.31. The molecule has 0 radical (unpaired) electrons. The zero-order valence-electron chi connectivity index (χ0n) is 11.6. The molecule has 1 aromatic rings. The predicted molar refractivity (Wildman–Crippen MR) is 71.0 cm³/mol. The Balaban J connectivity index is 2.35. The summed E-state index contributed by atoms with van der Waals surface area (Å²) >= 11 is 0. The summed E-state index contributed by atoms with van der Waals surface area (Å²) in [6.07, 6.45) is -4.92. The van der Waals surface area contributed by atoms with Gasteiger partial charge >= 0.3 is 6.18 Å². The number of hydrogen-bond donors (Lipinski definition) is 2. The van der Waals surface area contributed by atoms with Crippen LogP contribution in [0.5, 0.6) is 0 Å². The smallest absolute Gasteiger partial charge is 0.394 e. The summed E-state index contributed by atoms with van der Waals surface area (Å²) in [5, 5.41) is 18.2. The number of halogens is 3. The molecule has 2 rings (SSSR count). The van der Waals surface area contributed by atoms with Gasteiger partial charge in [0.25, 0.3) is 0 Å². The quantitative estimate of drug-likeness (QED) is 0.894. The molecule has 0 saturated carbocycles. The molecule has 1 aliphatic rings. The minimum Gasteiger partial charge on any atom is -0.394 e. The second-order valence-electron chi connectivity index (χ2n) is 5.14. The van der Waals surface area contributed by atoms with Crippen molar-refractivity contribution < 1.29 is 28.1 Å². The molecule has 2 N–H and O–H groups in total. The Morgan fingerprint density at radius 3 is 2.62 bits per heavy atom. The lowest BCUT2D eigenvalue weighted by Crippen LogP contribution is -2.49. The summed E-state index contributed by atoms with van der Waals surface area (Å²) in [5.41, 5.74) is -0.568. The van der Waals surface area contributed by atoms with Crippen LogP contribution in [0, 0.1) is 0 Å². The van der Waals surface area contributed by atoms with Crippen molar-refractivity contribution in [2.45, 2.75) is 31.9 Å². The number of nitrogens with zero attached hydrogens (tertiary/aromatic N) is 1. The Labute approximate surface area is 120 Å². The van der Waals surface area contributed by atoms with E-state index in [-0.39, 0.29) is 18.2 Å². The van der Waals surface area contributed by atoms with Crippen LogP contribution >= 0.6 is 0 Å². The molecule has 0 aromatic heterocycles. The van der Waals surface area contributed by atoms with Crippen LogP contribution in [0.25, 0.3) is 0 Å². The molecule has 0 bridgehead atoms. The van der Waals surface area contributed by atoms with Crippen molar-refractivity contribution in [2.75, 3.05) is 24.7 Å². The van der Waals surface area contributed by atoms with Gasteiger partial charge in [-0.25, -0.2) is 0 Å². The highest BCUT2D eigenvalue weighted by Crippen LogP contribution is 2.35. The third-order valence-electron chi connectivity index (χ3n) is 3.61. The fourth-order valence-corrected chi connectivity index (χ4v) is 2.43. The SMILES string of the molecule is CC1COC(CO)CN1c1ccc(CO)c(C(F)(F)F)c1. The van der Waals surface area contributed by atoms with Gasteiger partial charge < -0.3 is 19.8 Å². The largest absolute Gasteiger partial charge is 0.416 e. The maximum absolute atomic E-state index is 13.0. The number of benzene rings is 1. The summed E-state index contributed by atoms with van der Waals surface area (Å²) in [5.74, 6) is 0. The average Bonchev–Trinajstić information content (AvgIpc) is 2.46. The van der Waals surface area contributed by atoms with E-state index >= 15 is 0 Å². The standard InChI is InChI=1S/C14H18F3NO3/c1-9-8-21-12(7-20)5-18(9)11-3-2-10(6-19)13(4-11)14(15,16)17/h2-4,9,12,19-20H,5-8H2,1H3. The van der Waals surface area contributed by atoms with Gasteiger partial charge in [-0.3, -0.25) is 0 Å². The van der Waals surface area contributed by atoms with E-state index in [1.54, 1.807) is 11.0 Å². The van der Waals surface area contributed by atoms with Gasteiger partial charge in [-0.05, 0) is 24.6 Å². The van der Waals surface area contributed by atoms with Gasteiger partial charge in [-0.1, -0.05) is 6.07 Å². The number of rotatable bonds is 3. The van der Waals surface area contributed by atoms with Gasteiger partial charge in [0, 0.05) is 18.3 Å². The van der Waals surface area contributed by atoms with E-state index in [1.165, 1.54) is 6.07 Å². The summed E-state index contributed by atoms with van der Waals surface area (Å²) in [6.45, 7) is 1.68. The molecular formula is C14H18F3NO3. The molecule has 4 nitrogen and oxygen atoms in total. The van der Waals surface area contributed by atoms with Crippen LogP contribution in [0.4, 0.5) is 18.9 Å². The molecule has 0 spiro atoms. The topological polar surface area (TPSA) is 52.9 Å². The average molecular weight is 305 g/mol. The van der Waals surface area contributed by atoms with Gasteiger partial charge in [0.2, 0.25) is 0 Å². The number of ether oxygens (including phenoxy) is 1. The molecule has 7 heteroatoms. The first kappa shape index (κ1) is 16.1. The van der Waals surface area contributed by atoms with Gasteiger partial charge in [-0.2, -0.15) is 13.2 Å². The van der Waals surface area contributed by atoms with E-state index in [9.17, 15) is 13.2 Å². The lowest BCUT2D eigenvalue weighted by Gasteiger charge is -2.39. The van der Waals surface area contributed by atoms with Crippen LogP contribution in [0.2, 0.25) is 0 Å². The lowest BCUT2D eigenvalue weighted by atomic mass is 10.0. The van der Waals surface area contributed by atoms with Crippen molar-refractivity contribution >= 4 is 5.69 Å². The maximum Gasteiger partial charge on any atom is 0.416 e. The first-order chi connectivity index (χ1) is 9.86. The zero-order valence-corrected chi connectivity index (χ0v) is 11.6. The third-order valence-corrected chi connectivity index (χ3v) is 3.61. The van der Waals surface area contributed by atoms with Gasteiger partial charge in [0.15, 0.2) is 0 Å². The van der Waals surface area contributed by atoms with Crippen molar-refractivity contribution in [3.63, 3.8) is 0 Å². The highest BCUT2D eigenvalue weighted by Gasteiger charge is 2.34. The third kappa shape index (κ3) is 3.48.